The van der Waals surface area contributed by atoms with Crippen molar-refractivity contribution in [1.82, 2.24) is 20.2 Å². The van der Waals surface area contributed by atoms with E-state index in [0.29, 0.717) is 5.82 Å². The van der Waals surface area contributed by atoms with Gasteiger partial charge in [-0.05, 0) is 42.3 Å². The molecular weight excluding hydrogens is 242 g/mol. The van der Waals surface area contributed by atoms with Crippen LogP contribution in [0.1, 0.15) is 24.9 Å². The number of hydrogen-bond donors (Lipinski definition) is 1. The van der Waals surface area contributed by atoms with E-state index in [1.807, 2.05) is 36.7 Å². The highest BCUT2D eigenvalue weighted by Crippen LogP contribution is 2.32. The van der Waals surface area contributed by atoms with Crippen molar-refractivity contribution in [3.63, 3.8) is 0 Å². The second kappa shape index (κ2) is 4.62. The van der Waals surface area contributed by atoms with Crippen LogP contribution in [0, 0.1) is 6.92 Å². The zero-order chi connectivity index (χ0) is 13.4. The van der Waals surface area contributed by atoms with Crippen LogP contribution in [0.2, 0.25) is 0 Å². The van der Waals surface area contributed by atoms with Gasteiger partial charge in [0.15, 0.2) is 5.82 Å². The molecule has 2 unspecified atom stereocenters. The zero-order valence-corrected chi connectivity index (χ0v) is 11.1. The van der Waals surface area contributed by atoms with E-state index in [1.165, 1.54) is 0 Å². The Balaban J connectivity index is 2.07. The molecule has 0 bridgehead atoms. The van der Waals surface area contributed by atoms with Gasteiger partial charge >= 0.3 is 0 Å². The van der Waals surface area contributed by atoms with Crippen LogP contribution < -0.4 is 5.73 Å². The number of hydrogen-bond acceptors (Lipinski definition) is 5. The first-order valence-corrected chi connectivity index (χ1v) is 6.43. The second-order valence-corrected chi connectivity index (χ2v) is 4.92. The Morgan fingerprint density at radius 1 is 1.42 bits per heavy atom. The third-order valence-corrected chi connectivity index (χ3v) is 3.71. The van der Waals surface area contributed by atoms with E-state index in [-0.39, 0.29) is 12.1 Å². The third kappa shape index (κ3) is 1.98. The molecule has 2 N–H and O–H groups in total. The summed E-state index contributed by atoms with van der Waals surface area (Å²) in [5, 5.41) is 12.0. The number of nitrogens with two attached hydrogens (primary N) is 1. The molecule has 1 saturated heterocycles. The molecule has 0 spiro atoms. The van der Waals surface area contributed by atoms with Gasteiger partial charge in [0.1, 0.15) is 0 Å². The molecule has 0 amide bonds. The Hall–Kier alpha value is -1.95. The predicted octanol–water partition coefficient (Wildman–Crippen LogP) is 1.58. The van der Waals surface area contributed by atoms with Crippen molar-refractivity contribution in [3.05, 3.63) is 23.8 Å². The molecule has 0 radical (unpaired) electrons. The lowest BCUT2D eigenvalue weighted by molar-refractivity contribution is 0.105. The number of aromatic nitrogens is 4. The average molecular weight is 259 g/mol. The van der Waals surface area contributed by atoms with Gasteiger partial charge in [0.2, 0.25) is 0 Å². The molecule has 19 heavy (non-hydrogen) atoms. The van der Waals surface area contributed by atoms with Gasteiger partial charge in [0, 0.05) is 17.9 Å². The molecule has 1 aromatic carbocycles. The van der Waals surface area contributed by atoms with Crippen LogP contribution in [0.4, 0.5) is 5.69 Å². The summed E-state index contributed by atoms with van der Waals surface area (Å²) in [7, 11) is 0. The Labute approximate surface area is 111 Å². The summed E-state index contributed by atoms with van der Waals surface area (Å²) in [6.07, 6.45) is 1.04. The highest BCUT2D eigenvalue weighted by Gasteiger charge is 2.29. The minimum absolute atomic E-state index is 0.119. The van der Waals surface area contributed by atoms with Crippen LogP contribution >= 0.6 is 0 Å². The molecular formula is C13H17N5O. The van der Waals surface area contributed by atoms with Gasteiger partial charge in [-0.15, -0.1) is 5.10 Å². The van der Waals surface area contributed by atoms with Crippen molar-refractivity contribution in [1.29, 1.82) is 0 Å². The topological polar surface area (TPSA) is 78.8 Å². The summed E-state index contributed by atoms with van der Waals surface area (Å²) < 4.78 is 7.42. The van der Waals surface area contributed by atoms with Gasteiger partial charge in [-0.1, -0.05) is 12.1 Å². The Kier molecular flexibility index (Phi) is 2.94. The number of para-hydroxylation sites is 1. The summed E-state index contributed by atoms with van der Waals surface area (Å²) >= 11 is 0. The van der Waals surface area contributed by atoms with Crippen LogP contribution in [-0.2, 0) is 4.74 Å². The van der Waals surface area contributed by atoms with E-state index in [9.17, 15) is 0 Å². The monoisotopic (exact) mass is 259 g/mol. The SMILES string of the molecule is Cc1cccc(-c2nnnn2C2CCOC2C)c1N. The molecule has 6 heteroatoms. The second-order valence-electron chi connectivity index (χ2n) is 4.92. The normalized spacial score (nSPS) is 22.8. The van der Waals surface area contributed by atoms with Crippen LogP contribution in [-0.4, -0.2) is 32.9 Å². The molecule has 1 aliphatic rings. The van der Waals surface area contributed by atoms with E-state index in [2.05, 4.69) is 15.5 Å². The Morgan fingerprint density at radius 2 is 2.26 bits per heavy atom. The Bertz CT molecular complexity index is 594. The molecule has 2 heterocycles. The molecule has 2 atom stereocenters. The Morgan fingerprint density at radius 3 is 3.00 bits per heavy atom. The first kappa shape index (κ1) is 12.1. The molecule has 1 aliphatic heterocycles. The molecule has 1 fully saturated rings. The number of rotatable bonds is 2. The zero-order valence-electron chi connectivity index (χ0n) is 11.1. The highest BCUT2D eigenvalue weighted by atomic mass is 16.5. The molecule has 0 saturated carbocycles. The van der Waals surface area contributed by atoms with Crippen LogP contribution in [0.25, 0.3) is 11.4 Å². The van der Waals surface area contributed by atoms with Crippen molar-refractivity contribution in [2.45, 2.75) is 32.4 Å². The van der Waals surface area contributed by atoms with Crippen molar-refractivity contribution in [3.8, 4) is 11.4 Å². The number of benzene rings is 1. The minimum atomic E-state index is 0.119. The fourth-order valence-corrected chi connectivity index (χ4v) is 2.51. The molecule has 0 aliphatic carbocycles. The van der Waals surface area contributed by atoms with Crippen molar-refractivity contribution in [2.75, 3.05) is 12.3 Å². The minimum Gasteiger partial charge on any atom is -0.398 e. The highest BCUT2D eigenvalue weighted by molar-refractivity contribution is 5.74. The number of ether oxygens (including phenoxy) is 1. The maximum Gasteiger partial charge on any atom is 0.184 e. The van der Waals surface area contributed by atoms with E-state index in [0.717, 1.165) is 29.8 Å². The molecule has 1 aromatic heterocycles. The van der Waals surface area contributed by atoms with E-state index in [4.69, 9.17) is 10.5 Å². The van der Waals surface area contributed by atoms with Crippen LogP contribution in [0.5, 0.6) is 0 Å². The fraction of sp³-hybridized carbons (Fsp3) is 0.462. The largest absolute Gasteiger partial charge is 0.398 e. The van der Waals surface area contributed by atoms with E-state index in [1.54, 1.807) is 0 Å². The van der Waals surface area contributed by atoms with Crippen molar-refractivity contribution in [2.24, 2.45) is 0 Å². The quantitative estimate of drug-likeness (QED) is 0.828. The molecule has 6 nitrogen and oxygen atoms in total. The lowest BCUT2D eigenvalue weighted by Crippen LogP contribution is -2.19. The number of tetrazole rings is 1. The summed E-state index contributed by atoms with van der Waals surface area (Å²) in [5.41, 5.74) is 8.77. The van der Waals surface area contributed by atoms with Gasteiger partial charge in [-0.25, -0.2) is 4.68 Å². The van der Waals surface area contributed by atoms with Gasteiger partial charge < -0.3 is 10.5 Å². The smallest absolute Gasteiger partial charge is 0.184 e. The van der Waals surface area contributed by atoms with Gasteiger partial charge in [-0.3, -0.25) is 0 Å². The summed E-state index contributed by atoms with van der Waals surface area (Å²) in [6, 6.07) is 6.07. The lowest BCUT2D eigenvalue weighted by Gasteiger charge is -2.16. The number of nitrogen functional groups attached to an aromatic ring is 1. The van der Waals surface area contributed by atoms with Gasteiger partial charge in [0.25, 0.3) is 0 Å². The van der Waals surface area contributed by atoms with Gasteiger partial charge in [-0.2, -0.15) is 0 Å². The fourth-order valence-electron chi connectivity index (χ4n) is 2.51. The average Bonchev–Trinajstić information content (AvgIpc) is 3.01. The summed E-state index contributed by atoms with van der Waals surface area (Å²) in [5.74, 6) is 0.712. The van der Waals surface area contributed by atoms with E-state index >= 15 is 0 Å². The number of nitrogens with zero attached hydrogens (tertiary/aromatic N) is 4. The van der Waals surface area contributed by atoms with Crippen LogP contribution in [0.15, 0.2) is 18.2 Å². The van der Waals surface area contributed by atoms with E-state index < -0.39 is 0 Å². The summed E-state index contributed by atoms with van der Waals surface area (Å²) in [4.78, 5) is 0. The third-order valence-electron chi connectivity index (χ3n) is 3.71. The lowest BCUT2D eigenvalue weighted by atomic mass is 10.1. The molecule has 3 rings (SSSR count). The maximum absolute atomic E-state index is 6.14. The standard InChI is InChI=1S/C13H17N5O/c1-8-4-3-5-10(12(8)14)13-15-16-17-18(13)11-6-7-19-9(11)2/h3-5,9,11H,6-7,14H2,1-2H3. The number of anilines is 1. The summed E-state index contributed by atoms with van der Waals surface area (Å²) in [6.45, 7) is 4.77. The van der Waals surface area contributed by atoms with Crippen molar-refractivity contribution >= 4 is 5.69 Å². The predicted molar refractivity (Wildman–Crippen MR) is 71.5 cm³/mol. The van der Waals surface area contributed by atoms with Crippen LogP contribution in [0.3, 0.4) is 0 Å². The first-order valence-electron chi connectivity index (χ1n) is 6.43. The first-order chi connectivity index (χ1) is 9.18. The molecule has 2 aromatic rings. The maximum atomic E-state index is 6.14. The van der Waals surface area contributed by atoms with Gasteiger partial charge in [0.05, 0.1) is 12.1 Å². The number of aryl methyl sites for hydroxylation is 1. The van der Waals surface area contributed by atoms with Crippen molar-refractivity contribution < 1.29 is 4.74 Å². The molecule has 100 valence electrons.